The van der Waals surface area contributed by atoms with Crippen LogP contribution in [0.2, 0.25) is 0 Å². The summed E-state index contributed by atoms with van der Waals surface area (Å²) in [5, 5.41) is 3.08. The zero-order chi connectivity index (χ0) is 15.0. The van der Waals surface area contributed by atoms with Crippen molar-refractivity contribution in [1.82, 2.24) is 10.2 Å². The third kappa shape index (κ3) is 9.31. The predicted octanol–water partition coefficient (Wildman–Crippen LogP) is 1.83. The van der Waals surface area contributed by atoms with Gasteiger partial charge in [0.25, 0.3) is 0 Å². The topological polar surface area (TPSA) is 62.9 Å². The number of aliphatic imine (C=N–C) groups is 1. The molecule has 1 heterocycles. The first-order valence-corrected chi connectivity index (χ1v) is 7.49. The Hall–Kier alpha value is -0.340. The Bertz CT molecular complexity index is 328. The van der Waals surface area contributed by atoms with E-state index in [0.29, 0.717) is 24.5 Å². The summed E-state index contributed by atoms with van der Waals surface area (Å²) in [6.45, 7) is 15.4. The maximum Gasteiger partial charge on any atom is 0.188 e. The van der Waals surface area contributed by atoms with Crippen LogP contribution in [0.5, 0.6) is 0 Å². The lowest BCUT2D eigenvalue weighted by molar-refractivity contribution is 0.0143. The highest BCUT2D eigenvalue weighted by molar-refractivity contribution is 14.0. The van der Waals surface area contributed by atoms with Crippen LogP contribution >= 0.6 is 24.0 Å². The Kier molecular flexibility index (Phi) is 11.1. The van der Waals surface area contributed by atoms with Crippen LogP contribution < -0.4 is 11.1 Å². The molecule has 1 aliphatic rings. The van der Waals surface area contributed by atoms with Crippen LogP contribution in [0.25, 0.3) is 0 Å². The quantitative estimate of drug-likeness (QED) is 0.291. The summed E-state index contributed by atoms with van der Waals surface area (Å²) in [4.78, 5) is 6.96. The van der Waals surface area contributed by atoms with Crippen molar-refractivity contribution >= 4 is 29.9 Å². The van der Waals surface area contributed by atoms with Gasteiger partial charge in [-0.15, -0.1) is 24.0 Å². The van der Waals surface area contributed by atoms with E-state index in [4.69, 9.17) is 10.5 Å². The Morgan fingerprint density at radius 3 is 2.52 bits per heavy atom. The minimum Gasteiger partial charge on any atom is -0.379 e. The molecule has 1 fully saturated rings. The van der Waals surface area contributed by atoms with Crippen molar-refractivity contribution in [1.29, 1.82) is 0 Å². The van der Waals surface area contributed by atoms with Gasteiger partial charge in [-0.2, -0.15) is 0 Å². The van der Waals surface area contributed by atoms with E-state index in [1.54, 1.807) is 0 Å². The largest absolute Gasteiger partial charge is 0.379 e. The van der Waals surface area contributed by atoms with Gasteiger partial charge in [-0.05, 0) is 19.3 Å². The van der Waals surface area contributed by atoms with E-state index in [9.17, 15) is 0 Å². The fraction of sp³-hybridized carbons (Fsp3) is 0.800. The molecule has 3 N–H and O–H groups in total. The molecule has 5 nitrogen and oxygen atoms in total. The predicted molar refractivity (Wildman–Crippen MR) is 100 cm³/mol. The number of halogens is 1. The number of morpholine rings is 1. The first-order valence-electron chi connectivity index (χ1n) is 7.49. The van der Waals surface area contributed by atoms with Gasteiger partial charge in [-0.25, -0.2) is 0 Å². The fourth-order valence-electron chi connectivity index (χ4n) is 2.33. The van der Waals surface area contributed by atoms with Crippen molar-refractivity contribution in [3.63, 3.8) is 0 Å². The normalized spacial score (nSPS) is 18.2. The van der Waals surface area contributed by atoms with Crippen LogP contribution in [0.1, 0.15) is 27.2 Å². The number of nitrogens with one attached hydrogen (secondary N) is 1. The Labute approximate surface area is 146 Å². The molecule has 124 valence electrons. The average Bonchev–Trinajstić information content (AvgIpc) is 2.41. The standard InChI is InChI=1S/C15H30N4O.HI/c1-12(2)9-14(19-5-7-20-8-6-19)11-18-15(16)17-10-13(3)4;/h12,14H,3,5-11H2,1-2,4H3,(H3,16,17,18);1H. The molecule has 21 heavy (non-hydrogen) atoms. The number of guanidine groups is 1. The first-order chi connectivity index (χ1) is 9.49. The smallest absolute Gasteiger partial charge is 0.188 e. The number of nitrogens with two attached hydrogens (primary N) is 1. The highest BCUT2D eigenvalue weighted by Crippen LogP contribution is 2.13. The minimum atomic E-state index is 0. The molecule has 0 spiro atoms. The number of rotatable bonds is 7. The summed E-state index contributed by atoms with van der Waals surface area (Å²) in [5.74, 6) is 1.16. The van der Waals surface area contributed by atoms with E-state index in [-0.39, 0.29) is 24.0 Å². The van der Waals surface area contributed by atoms with Crippen LogP contribution in [0.4, 0.5) is 0 Å². The van der Waals surface area contributed by atoms with Gasteiger partial charge >= 0.3 is 0 Å². The Balaban J connectivity index is 0.00000400. The maximum atomic E-state index is 5.89. The van der Waals surface area contributed by atoms with Crippen LogP contribution in [0, 0.1) is 5.92 Å². The molecule has 1 atom stereocenters. The molecule has 1 saturated heterocycles. The SMILES string of the molecule is C=C(C)CNC(N)=NCC(CC(C)C)N1CCOCC1.I. The molecular formula is C15H31IN4O. The second-order valence-corrected chi connectivity index (χ2v) is 5.97. The zero-order valence-electron chi connectivity index (χ0n) is 13.6. The van der Waals surface area contributed by atoms with Gasteiger partial charge in [-0.3, -0.25) is 9.89 Å². The van der Waals surface area contributed by atoms with Gasteiger partial charge in [0.1, 0.15) is 0 Å². The second kappa shape index (κ2) is 11.3. The van der Waals surface area contributed by atoms with Crippen LogP contribution in [-0.2, 0) is 4.74 Å². The van der Waals surface area contributed by atoms with Gasteiger partial charge in [0.15, 0.2) is 5.96 Å². The number of nitrogens with zero attached hydrogens (tertiary/aromatic N) is 2. The summed E-state index contributed by atoms with van der Waals surface area (Å²) in [5.41, 5.74) is 6.94. The van der Waals surface area contributed by atoms with Crippen molar-refractivity contribution in [2.45, 2.75) is 33.2 Å². The fourth-order valence-corrected chi connectivity index (χ4v) is 2.33. The molecule has 0 aliphatic carbocycles. The lowest BCUT2D eigenvalue weighted by Gasteiger charge is -2.34. The van der Waals surface area contributed by atoms with E-state index < -0.39 is 0 Å². The minimum absolute atomic E-state index is 0. The van der Waals surface area contributed by atoms with Crippen LogP contribution in [0.15, 0.2) is 17.1 Å². The zero-order valence-corrected chi connectivity index (χ0v) is 15.9. The maximum absolute atomic E-state index is 5.89. The summed E-state index contributed by atoms with van der Waals surface area (Å²) in [6, 6.07) is 0.448. The number of ether oxygens (including phenoxy) is 1. The van der Waals surface area contributed by atoms with Crippen molar-refractivity contribution < 1.29 is 4.74 Å². The average molecular weight is 410 g/mol. The summed E-state index contributed by atoms with van der Waals surface area (Å²) in [6.07, 6.45) is 1.14. The molecule has 0 radical (unpaired) electrons. The van der Waals surface area contributed by atoms with Gasteiger partial charge in [0, 0.05) is 25.7 Å². The molecule has 0 aromatic rings. The molecule has 6 heteroatoms. The summed E-state index contributed by atoms with van der Waals surface area (Å²) in [7, 11) is 0. The highest BCUT2D eigenvalue weighted by Gasteiger charge is 2.21. The van der Waals surface area contributed by atoms with Gasteiger partial charge in [-0.1, -0.05) is 26.0 Å². The van der Waals surface area contributed by atoms with E-state index in [0.717, 1.165) is 44.8 Å². The Morgan fingerprint density at radius 1 is 1.38 bits per heavy atom. The molecule has 0 aromatic carbocycles. The Morgan fingerprint density at radius 2 is 2.00 bits per heavy atom. The third-order valence-corrected chi connectivity index (χ3v) is 3.35. The molecule has 0 aromatic heterocycles. The monoisotopic (exact) mass is 410 g/mol. The van der Waals surface area contributed by atoms with Gasteiger partial charge < -0.3 is 15.8 Å². The van der Waals surface area contributed by atoms with Crippen molar-refractivity contribution in [2.24, 2.45) is 16.6 Å². The van der Waals surface area contributed by atoms with E-state index in [2.05, 4.69) is 35.6 Å². The number of hydrogen-bond donors (Lipinski definition) is 2. The van der Waals surface area contributed by atoms with Crippen LogP contribution in [0.3, 0.4) is 0 Å². The molecule has 0 amide bonds. The molecule has 0 bridgehead atoms. The molecule has 1 aliphatic heterocycles. The highest BCUT2D eigenvalue weighted by atomic mass is 127. The molecule has 1 unspecified atom stereocenters. The van der Waals surface area contributed by atoms with Gasteiger partial charge in [0.05, 0.1) is 19.8 Å². The van der Waals surface area contributed by atoms with Crippen molar-refractivity contribution in [3.05, 3.63) is 12.2 Å². The van der Waals surface area contributed by atoms with E-state index in [1.165, 1.54) is 0 Å². The third-order valence-electron chi connectivity index (χ3n) is 3.35. The first kappa shape index (κ1) is 20.7. The van der Waals surface area contributed by atoms with E-state index >= 15 is 0 Å². The van der Waals surface area contributed by atoms with Gasteiger partial charge in [0.2, 0.25) is 0 Å². The van der Waals surface area contributed by atoms with Crippen LogP contribution in [-0.4, -0.2) is 56.3 Å². The van der Waals surface area contributed by atoms with Crippen molar-refractivity contribution in [2.75, 3.05) is 39.4 Å². The second-order valence-electron chi connectivity index (χ2n) is 5.97. The van der Waals surface area contributed by atoms with E-state index in [1.807, 2.05) is 6.92 Å². The lowest BCUT2D eigenvalue weighted by Crippen LogP contribution is -2.46. The summed E-state index contributed by atoms with van der Waals surface area (Å²) < 4.78 is 5.42. The summed E-state index contributed by atoms with van der Waals surface area (Å²) >= 11 is 0. The number of hydrogen-bond acceptors (Lipinski definition) is 3. The van der Waals surface area contributed by atoms with Crippen molar-refractivity contribution in [3.8, 4) is 0 Å². The molecular weight excluding hydrogens is 379 g/mol. The molecule has 0 saturated carbocycles. The molecule has 1 rings (SSSR count). The lowest BCUT2D eigenvalue weighted by atomic mass is 10.0.